The van der Waals surface area contributed by atoms with Crippen molar-refractivity contribution in [3.63, 3.8) is 0 Å². The number of nitrogens with one attached hydrogen (secondary N) is 1. The average Bonchev–Trinajstić information content (AvgIpc) is 3.27. The van der Waals surface area contributed by atoms with Crippen LogP contribution in [0.1, 0.15) is 46.3 Å². The van der Waals surface area contributed by atoms with Gasteiger partial charge in [-0.3, -0.25) is 9.59 Å². The quantitative estimate of drug-likeness (QED) is 0.650. The fourth-order valence-corrected chi connectivity index (χ4v) is 3.81. The third-order valence-electron chi connectivity index (χ3n) is 5.48. The summed E-state index contributed by atoms with van der Waals surface area (Å²) >= 11 is 0. The first-order valence-electron chi connectivity index (χ1n) is 10.3. The lowest BCUT2D eigenvalue weighted by atomic mass is 10.1. The minimum atomic E-state index is -0.392. The summed E-state index contributed by atoms with van der Waals surface area (Å²) in [6.45, 7) is 2.31. The highest BCUT2D eigenvalue weighted by atomic mass is 19.1. The molecule has 1 atom stereocenters. The van der Waals surface area contributed by atoms with E-state index in [1.54, 1.807) is 24.0 Å². The van der Waals surface area contributed by atoms with Gasteiger partial charge in [-0.25, -0.2) is 18.7 Å². The van der Waals surface area contributed by atoms with Gasteiger partial charge in [0.05, 0.1) is 23.7 Å². The van der Waals surface area contributed by atoms with Crippen LogP contribution in [-0.2, 0) is 11.2 Å². The molecule has 0 radical (unpaired) electrons. The predicted octanol–water partition coefficient (Wildman–Crippen LogP) is 4.22. The van der Waals surface area contributed by atoms with E-state index in [1.165, 1.54) is 42.6 Å². The van der Waals surface area contributed by atoms with Gasteiger partial charge in [-0.05, 0) is 61.7 Å². The number of hydrogen-bond donors (Lipinski definition) is 1. The van der Waals surface area contributed by atoms with Crippen molar-refractivity contribution < 1.29 is 18.4 Å². The first kappa shape index (κ1) is 21.5. The van der Waals surface area contributed by atoms with Gasteiger partial charge in [-0.15, -0.1) is 0 Å². The Hall–Kier alpha value is -3.68. The van der Waals surface area contributed by atoms with Crippen molar-refractivity contribution in [2.45, 2.75) is 32.2 Å². The Balaban J connectivity index is 1.47. The van der Waals surface area contributed by atoms with Gasteiger partial charge in [0, 0.05) is 18.4 Å². The molecule has 32 heavy (non-hydrogen) atoms. The van der Waals surface area contributed by atoms with Crippen LogP contribution in [0.5, 0.6) is 0 Å². The maximum atomic E-state index is 13.1. The number of benzene rings is 2. The van der Waals surface area contributed by atoms with Crippen molar-refractivity contribution in [3.05, 3.63) is 89.0 Å². The van der Waals surface area contributed by atoms with Crippen molar-refractivity contribution in [3.8, 4) is 0 Å². The molecule has 1 aromatic heterocycles. The molecule has 0 saturated carbocycles. The normalized spacial score (nSPS) is 15.6. The highest BCUT2D eigenvalue weighted by Gasteiger charge is 2.32. The fourth-order valence-electron chi connectivity index (χ4n) is 3.81. The molecule has 1 aliphatic rings. The van der Waals surface area contributed by atoms with Gasteiger partial charge in [0.15, 0.2) is 5.82 Å². The molecule has 1 N–H and O–H groups in total. The van der Waals surface area contributed by atoms with Gasteiger partial charge in [-0.2, -0.15) is 0 Å². The first-order valence-corrected chi connectivity index (χ1v) is 10.3. The van der Waals surface area contributed by atoms with Crippen LogP contribution in [0, 0.1) is 18.6 Å². The molecule has 3 aromatic rings. The van der Waals surface area contributed by atoms with Gasteiger partial charge < -0.3 is 10.2 Å². The van der Waals surface area contributed by atoms with Crippen molar-refractivity contribution in [1.82, 2.24) is 14.9 Å². The Kier molecular flexibility index (Phi) is 6.20. The number of carbonyl (C=O) groups excluding carboxylic acids is 2. The van der Waals surface area contributed by atoms with E-state index in [-0.39, 0.29) is 30.0 Å². The van der Waals surface area contributed by atoms with Gasteiger partial charge in [0.2, 0.25) is 5.91 Å². The summed E-state index contributed by atoms with van der Waals surface area (Å²) in [5.41, 5.74) is 2.01. The molecule has 0 aliphatic carbocycles. The van der Waals surface area contributed by atoms with Crippen LogP contribution in [0.25, 0.3) is 0 Å². The van der Waals surface area contributed by atoms with Crippen LogP contribution in [-0.4, -0.2) is 33.2 Å². The molecular formula is C24H22F2N4O2. The van der Waals surface area contributed by atoms with Crippen LogP contribution in [0.15, 0.2) is 54.7 Å². The van der Waals surface area contributed by atoms with Crippen LogP contribution in [0.3, 0.4) is 0 Å². The van der Waals surface area contributed by atoms with Gasteiger partial charge in [0.1, 0.15) is 11.6 Å². The number of aromatic nitrogens is 2. The highest BCUT2D eigenvalue weighted by molar-refractivity contribution is 6.04. The number of amides is 2. The second-order valence-corrected chi connectivity index (χ2v) is 7.74. The standard InChI is InChI=1S/C24H22F2N4O2/c1-15-20(24(32)29-19-10-8-18(26)9-11-19)14-27-23(28-15)21-3-2-12-30(21)22(31)13-16-4-6-17(25)7-5-16/h4-11,14,21H,2-3,12-13H2,1H3,(H,29,32). The maximum Gasteiger partial charge on any atom is 0.259 e. The molecule has 6 nitrogen and oxygen atoms in total. The number of hydrogen-bond acceptors (Lipinski definition) is 4. The van der Waals surface area contributed by atoms with Crippen LogP contribution < -0.4 is 5.32 Å². The zero-order valence-electron chi connectivity index (χ0n) is 17.5. The van der Waals surface area contributed by atoms with Crippen molar-refractivity contribution >= 4 is 17.5 Å². The summed E-state index contributed by atoms with van der Waals surface area (Å²) < 4.78 is 26.2. The van der Waals surface area contributed by atoms with E-state index in [0.29, 0.717) is 29.3 Å². The lowest BCUT2D eigenvalue weighted by Crippen LogP contribution is -2.33. The summed E-state index contributed by atoms with van der Waals surface area (Å²) in [5, 5.41) is 2.70. The Labute approximate surface area is 184 Å². The highest BCUT2D eigenvalue weighted by Crippen LogP contribution is 2.30. The summed E-state index contributed by atoms with van der Waals surface area (Å²) in [7, 11) is 0. The van der Waals surface area contributed by atoms with E-state index < -0.39 is 5.91 Å². The summed E-state index contributed by atoms with van der Waals surface area (Å²) in [4.78, 5) is 36.1. The molecule has 164 valence electrons. The second-order valence-electron chi connectivity index (χ2n) is 7.74. The summed E-state index contributed by atoms with van der Waals surface area (Å²) in [6.07, 6.45) is 3.19. The first-order chi connectivity index (χ1) is 15.4. The smallest absolute Gasteiger partial charge is 0.259 e. The van der Waals surface area contributed by atoms with E-state index in [9.17, 15) is 18.4 Å². The Morgan fingerprint density at radius 3 is 2.38 bits per heavy atom. The molecular weight excluding hydrogens is 414 g/mol. The molecule has 1 unspecified atom stereocenters. The van der Waals surface area contributed by atoms with Crippen molar-refractivity contribution in [2.75, 3.05) is 11.9 Å². The minimum absolute atomic E-state index is 0.0708. The molecule has 2 amide bonds. The number of aryl methyl sites for hydroxylation is 1. The molecule has 1 saturated heterocycles. The van der Waals surface area contributed by atoms with E-state index in [4.69, 9.17) is 0 Å². The second kappa shape index (κ2) is 9.21. The van der Waals surface area contributed by atoms with Crippen LogP contribution in [0.4, 0.5) is 14.5 Å². The maximum absolute atomic E-state index is 13.1. The molecule has 4 rings (SSSR count). The lowest BCUT2D eigenvalue weighted by Gasteiger charge is -2.24. The molecule has 1 fully saturated rings. The predicted molar refractivity (Wildman–Crippen MR) is 115 cm³/mol. The minimum Gasteiger partial charge on any atom is -0.332 e. The molecule has 0 bridgehead atoms. The SMILES string of the molecule is Cc1nc(C2CCCN2C(=O)Cc2ccc(F)cc2)ncc1C(=O)Nc1ccc(F)cc1. The monoisotopic (exact) mass is 436 g/mol. The molecule has 2 aromatic carbocycles. The number of anilines is 1. The largest absolute Gasteiger partial charge is 0.332 e. The average molecular weight is 436 g/mol. The van der Waals surface area contributed by atoms with Crippen molar-refractivity contribution in [1.29, 1.82) is 0 Å². The van der Waals surface area contributed by atoms with Gasteiger partial charge in [0.25, 0.3) is 5.91 Å². The van der Waals surface area contributed by atoms with Gasteiger partial charge in [-0.1, -0.05) is 12.1 Å². The van der Waals surface area contributed by atoms with Crippen LogP contribution >= 0.6 is 0 Å². The zero-order valence-corrected chi connectivity index (χ0v) is 17.5. The molecule has 1 aliphatic heterocycles. The van der Waals surface area contributed by atoms with Gasteiger partial charge >= 0.3 is 0 Å². The number of likely N-dealkylation sites (tertiary alicyclic amines) is 1. The molecule has 0 spiro atoms. The summed E-state index contributed by atoms with van der Waals surface area (Å²) in [6, 6.07) is 11.1. The van der Waals surface area contributed by atoms with E-state index in [1.807, 2.05) is 0 Å². The Morgan fingerprint density at radius 1 is 1.06 bits per heavy atom. The van der Waals surface area contributed by atoms with Crippen molar-refractivity contribution in [2.24, 2.45) is 0 Å². The van der Waals surface area contributed by atoms with E-state index >= 15 is 0 Å². The number of halogens is 2. The number of carbonyl (C=O) groups is 2. The topological polar surface area (TPSA) is 75.2 Å². The third kappa shape index (κ3) is 4.80. The number of nitrogens with zero attached hydrogens (tertiary/aromatic N) is 3. The molecule has 8 heteroatoms. The number of rotatable bonds is 5. The lowest BCUT2D eigenvalue weighted by molar-refractivity contribution is -0.131. The fraction of sp³-hybridized carbons (Fsp3) is 0.250. The Bertz CT molecular complexity index is 1130. The van der Waals surface area contributed by atoms with Crippen LogP contribution in [0.2, 0.25) is 0 Å². The Morgan fingerprint density at radius 2 is 1.72 bits per heavy atom. The van der Waals surface area contributed by atoms with E-state index in [0.717, 1.165) is 18.4 Å². The zero-order chi connectivity index (χ0) is 22.7. The van der Waals surface area contributed by atoms with E-state index in [2.05, 4.69) is 15.3 Å². The summed E-state index contributed by atoms with van der Waals surface area (Å²) in [5.74, 6) is -0.699. The molecule has 2 heterocycles. The third-order valence-corrected chi connectivity index (χ3v) is 5.48.